The molecule has 0 atom stereocenters. The molecule has 12 heavy (non-hydrogen) atoms. The van der Waals surface area contributed by atoms with Crippen molar-refractivity contribution in [2.24, 2.45) is 0 Å². The first-order valence-corrected chi connectivity index (χ1v) is 14.2. The molecule has 0 saturated carbocycles. The van der Waals surface area contributed by atoms with Gasteiger partial charge in [-0.3, -0.25) is 0 Å². The molecule has 0 spiro atoms. The third-order valence-electron chi connectivity index (χ3n) is 0. The zero-order valence-corrected chi connectivity index (χ0v) is 17.2. The summed E-state index contributed by atoms with van der Waals surface area (Å²) in [6.45, 7) is 5.65. The van der Waals surface area contributed by atoms with Crippen LogP contribution in [-0.2, 0) is 42.5 Å². The van der Waals surface area contributed by atoms with Crippen LogP contribution in [0.15, 0.2) is 0 Å². The summed E-state index contributed by atoms with van der Waals surface area (Å²) in [7, 11) is 13.4. The quantitative estimate of drug-likeness (QED) is 0.462. The predicted molar refractivity (Wildman–Crippen MR) is 53.2 cm³/mol. The van der Waals surface area contributed by atoms with Crippen molar-refractivity contribution in [2.75, 3.05) is 0 Å². The fraction of sp³-hybridized carbons (Fsp3) is 0.750. The molecule has 0 radical (unpaired) electrons. The summed E-state index contributed by atoms with van der Waals surface area (Å²) in [5.41, 5.74) is 0. The molecule has 0 aromatic carbocycles. The summed E-state index contributed by atoms with van der Waals surface area (Å²) in [6.07, 6.45) is 0. The van der Waals surface area contributed by atoms with Crippen molar-refractivity contribution in [1.82, 2.24) is 0 Å². The van der Waals surface area contributed by atoms with Crippen molar-refractivity contribution in [3.63, 3.8) is 0 Å². The summed E-state index contributed by atoms with van der Waals surface area (Å²) < 4.78 is 0. The van der Waals surface area contributed by atoms with Gasteiger partial charge in [0.2, 0.25) is 0 Å². The maximum atomic E-state index is 8.66. The van der Waals surface area contributed by atoms with Gasteiger partial charge in [0.25, 0.3) is 0 Å². The molecular weight excluding hydrogens is 420 g/mol. The SMILES string of the molecule is C[Si](C)(C)O.O.[CH3-].[Cd].[Cl][Nb]([Cl])[Cl]. The third kappa shape index (κ3) is 242. The molecule has 0 fully saturated rings. The summed E-state index contributed by atoms with van der Waals surface area (Å²) >= 11 is -2.03. The fourth-order valence-corrected chi connectivity index (χ4v) is 0. The number of hydrogen-bond acceptors (Lipinski definition) is 1. The van der Waals surface area contributed by atoms with Crippen LogP contribution in [0.5, 0.6) is 0 Å². The van der Waals surface area contributed by atoms with Gasteiger partial charge in [-0.25, -0.2) is 0 Å². The van der Waals surface area contributed by atoms with Crippen LogP contribution in [0.3, 0.4) is 0 Å². The molecule has 0 saturated heterocycles. The van der Waals surface area contributed by atoms with Gasteiger partial charge in [0.05, 0.1) is 0 Å². The number of hydrogen-bond donors (Lipinski definition) is 1. The fourth-order valence-electron chi connectivity index (χ4n) is 0. The van der Waals surface area contributed by atoms with E-state index in [2.05, 4.69) is 0 Å². The van der Waals surface area contributed by atoms with Crippen LogP contribution in [0.2, 0.25) is 19.6 Å². The molecule has 0 aliphatic heterocycles. The Morgan fingerprint density at radius 1 is 1.08 bits per heavy atom. The molecular formula is C4H15CdCl3NbO2Si-. The molecule has 8 heteroatoms. The molecule has 0 aliphatic rings. The van der Waals surface area contributed by atoms with Crippen LogP contribution in [-0.4, -0.2) is 18.6 Å². The summed E-state index contributed by atoms with van der Waals surface area (Å²) in [4.78, 5) is 8.66. The van der Waals surface area contributed by atoms with Crippen molar-refractivity contribution in [2.45, 2.75) is 19.6 Å². The van der Waals surface area contributed by atoms with Gasteiger partial charge in [-0.05, 0) is 19.6 Å². The Labute approximate surface area is 114 Å². The average molecular weight is 435 g/mol. The summed E-state index contributed by atoms with van der Waals surface area (Å²) in [5.74, 6) is 0. The second-order valence-corrected chi connectivity index (χ2v) is 16.7. The zero-order valence-electron chi connectivity index (χ0n) is 7.74. The van der Waals surface area contributed by atoms with Gasteiger partial charge in [0.1, 0.15) is 0 Å². The van der Waals surface area contributed by atoms with Gasteiger partial charge >= 0.3 is 42.8 Å². The van der Waals surface area contributed by atoms with E-state index in [-0.39, 0.29) is 40.2 Å². The summed E-state index contributed by atoms with van der Waals surface area (Å²) in [6, 6.07) is 0. The van der Waals surface area contributed by atoms with E-state index < -0.39 is 23.5 Å². The van der Waals surface area contributed by atoms with Crippen LogP contribution in [0.4, 0.5) is 0 Å². The first kappa shape index (κ1) is 29.3. The predicted octanol–water partition coefficient (Wildman–Crippen LogP) is 2.50. The van der Waals surface area contributed by atoms with E-state index in [0.717, 1.165) is 0 Å². The monoisotopic (exact) mass is 435 g/mol. The normalized spacial score (nSPS) is 8.00. The van der Waals surface area contributed by atoms with Crippen LogP contribution in [0.1, 0.15) is 0 Å². The zero-order chi connectivity index (χ0) is 8.08. The number of rotatable bonds is 0. The van der Waals surface area contributed by atoms with E-state index in [0.29, 0.717) is 0 Å². The second-order valence-electron chi connectivity index (χ2n) is 2.36. The van der Waals surface area contributed by atoms with E-state index in [1.54, 1.807) is 0 Å². The van der Waals surface area contributed by atoms with Crippen molar-refractivity contribution < 1.29 is 52.8 Å². The third-order valence-corrected chi connectivity index (χ3v) is 0. The minimum absolute atomic E-state index is 0. The molecule has 0 aromatic rings. The van der Waals surface area contributed by atoms with Crippen molar-refractivity contribution in [3.05, 3.63) is 7.43 Å². The van der Waals surface area contributed by atoms with Gasteiger partial charge in [-0.15, -0.1) is 0 Å². The molecule has 3 N–H and O–H groups in total. The van der Waals surface area contributed by atoms with Crippen LogP contribution < -0.4 is 0 Å². The molecule has 0 unspecified atom stereocenters. The average Bonchev–Trinajstić information content (AvgIpc) is 1.19. The maximum absolute atomic E-state index is 8.66. The van der Waals surface area contributed by atoms with Gasteiger partial charge in [0.15, 0.2) is 8.32 Å². The Morgan fingerprint density at radius 2 is 1.08 bits per heavy atom. The minimum atomic E-state index is -2.03. The number of halogens is 3. The Hall–Kier alpha value is 2.67. The van der Waals surface area contributed by atoms with Gasteiger partial charge < -0.3 is 17.7 Å². The Morgan fingerprint density at radius 3 is 1.08 bits per heavy atom. The molecule has 0 rings (SSSR count). The van der Waals surface area contributed by atoms with Crippen LogP contribution >= 0.6 is 27.6 Å². The van der Waals surface area contributed by atoms with E-state index >= 15 is 0 Å². The molecule has 0 amide bonds. The molecule has 0 heterocycles. The molecule has 0 aliphatic carbocycles. The van der Waals surface area contributed by atoms with Crippen LogP contribution in [0.25, 0.3) is 0 Å². The van der Waals surface area contributed by atoms with E-state index in [1.165, 1.54) is 0 Å². The van der Waals surface area contributed by atoms with E-state index in [9.17, 15) is 0 Å². The molecule has 76 valence electrons. The Balaban J connectivity index is -0.0000000221. The van der Waals surface area contributed by atoms with E-state index in [4.69, 9.17) is 32.4 Å². The molecule has 0 bridgehead atoms. The molecule has 2 nitrogen and oxygen atoms in total. The Bertz CT molecular complexity index is 65.1. The standard InChI is InChI=1S/C3H10OSi.CH3.Cd.3ClH.Nb.H2O/c1-5(2,3)4;;;;;;;/h4H,1-3H3;1H3;;3*1H;;1H2/q;-1;;;;;+3;/p-3. The van der Waals surface area contributed by atoms with Gasteiger partial charge in [0, 0.05) is 27.3 Å². The topological polar surface area (TPSA) is 51.7 Å². The van der Waals surface area contributed by atoms with Crippen molar-refractivity contribution >= 4 is 35.9 Å². The van der Waals surface area contributed by atoms with Crippen molar-refractivity contribution in [1.29, 1.82) is 0 Å². The Kier molecular flexibility index (Phi) is 39.4. The van der Waals surface area contributed by atoms with Crippen LogP contribution in [0, 0.1) is 7.43 Å². The molecule has 0 aromatic heterocycles. The van der Waals surface area contributed by atoms with Crippen molar-refractivity contribution in [3.8, 4) is 0 Å². The van der Waals surface area contributed by atoms with Gasteiger partial charge in [-0.2, -0.15) is 0 Å². The van der Waals surface area contributed by atoms with Gasteiger partial charge in [-0.1, -0.05) is 0 Å². The first-order chi connectivity index (χ1) is 3.73. The second kappa shape index (κ2) is 16.1. The first-order valence-electron chi connectivity index (χ1n) is 2.23. The van der Waals surface area contributed by atoms with E-state index in [1.807, 2.05) is 19.6 Å². The summed E-state index contributed by atoms with van der Waals surface area (Å²) in [5, 5.41) is 0.